The zero-order valence-electron chi connectivity index (χ0n) is 21.8. The fourth-order valence-corrected chi connectivity index (χ4v) is 5.25. The van der Waals surface area contributed by atoms with Crippen LogP contribution in [0.3, 0.4) is 0 Å². The Balaban J connectivity index is 1.33. The minimum absolute atomic E-state index is 0.325. The van der Waals surface area contributed by atoms with Crippen LogP contribution in [0.4, 0.5) is 0 Å². The van der Waals surface area contributed by atoms with Crippen LogP contribution in [0, 0.1) is 20.8 Å². The number of nitrogens with one attached hydrogen (secondary N) is 2. The van der Waals surface area contributed by atoms with Gasteiger partial charge in [0.05, 0.1) is 23.3 Å². The van der Waals surface area contributed by atoms with Gasteiger partial charge < -0.3 is 10.6 Å². The van der Waals surface area contributed by atoms with Crippen molar-refractivity contribution in [2.75, 3.05) is 0 Å². The zero-order valence-corrected chi connectivity index (χ0v) is 21.8. The van der Waals surface area contributed by atoms with Crippen LogP contribution in [0.5, 0.6) is 0 Å². The summed E-state index contributed by atoms with van der Waals surface area (Å²) in [6.07, 6.45) is 3.99. The number of hydrogen-bond acceptors (Lipinski definition) is 4. The second-order valence-electron chi connectivity index (χ2n) is 10.0. The number of aromatic nitrogens is 3. The van der Waals surface area contributed by atoms with Crippen molar-refractivity contribution in [3.05, 3.63) is 112 Å². The molecule has 0 saturated carbocycles. The number of hydrogen-bond donors (Lipinski definition) is 2. The molecular weight excluding hydrogens is 442 g/mol. The SMILES string of the molecule is C=C(NCc1ccc(C)c(C)c1)c1cc(CNC2CCc3c2ccc(C(=C)C)c3C)n2nccc2n1. The molecule has 0 amide bonds. The smallest absolute Gasteiger partial charge is 0.156 e. The highest BCUT2D eigenvalue weighted by Gasteiger charge is 2.25. The summed E-state index contributed by atoms with van der Waals surface area (Å²) in [5.41, 5.74) is 14.0. The molecule has 5 rings (SSSR count). The van der Waals surface area contributed by atoms with Crippen molar-refractivity contribution in [1.29, 1.82) is 0 Å². The molecule has 2 heterocycles. The van der Waals surface area contributed by atoms with Crippen molar-refractivity contribution < 1.29 is 0 Å². The zero-order chi connectivity index (χ0) is 25.4. The lowest BCUT2D eigenvalue weighted by atomic mass is 9.95. The van der Waals surface area contributed by atoms with E-state index in [2.05, 4.69) is 93.0 Å². The summed E-state index contributed by atoms with van der Waals surface area (Å²) < 4.78 is 1.92. The molecule has 0 aliphatic heterocycles. The molecule has 0 radical (unpaired) electrons. The maximum absolute atomic E-state index is 4.80. The van der Waals surface area contributed by atoms with E-state index in [9.17, 15) is 0 Å². The fourth-order valence-electron chi connectivity index (χ4n) is 5.25. The summed E-state index contributed by atoms with van der Waals surface area (Å²) >= 11 is 0. The predicted molar refractivity (Wildman–Crippen MR) is 149 cm³/mol. The Morgan fingerprint density at radius 2 is 1.86 bits per heavy atom. The van der Waals surface area contributed by atoms with Crippen molar-refractivity contribution >= 4 is 16.9 Å². The highest BCUT2D eigenvalue weighted by Crippen LogP contribution is 2.36. The van der Waals surface area contributed by atoms with Crippen LogP contribution < -0.4 is 10.6 Å². The lowest BCUT2D eigenvalue weighted by Crippen LogP contribution is -2.21. The van der Waals surface area contributed by atoms with Crippen LogP contribution in [-0.2, 0) is 19.5 Å². The van der Waals surface area contributed by atoms with Gasteiger partial charge in [-0.3, -0.25) is 0 Å². The highest BCUT2D eigenvalue weighted by atomic mass is 15.3. The molecule has 4 aromatic rings. The second kappa shape index (κ2) is 9.75. The van der Waals surface area contributed by atoms with Gasteiger partial charge in [0.15, 0.2) is 5.65 Å². The van der Waals surface area contributed by atoms with E-state index in [1.54, 1.807) is 6.20 Å². The largest absolute Gasteiger partial charge is 0.380 e. The van der Waals surface area contributed by atoms with Crippen LogP contribution in [-0.4, -0.2) is 14.6 Å². The van der Waals surface area contributed by atoms with Gasteiger partial charge in [0.1, 0.15) is 0 Å². The predicted octanol–water partition coefficient (Wildman–Crippen LogP) is 6.23. The normalized spacial score (nSPS) is 14.7. The summed E-state index contributed by atoms with van der Waals surface area (Å²) in [4.78, 5) is 4.80. The van der Waals surface area contributed by atoms with E-state index in [0.29, 0.717) is 19.1 Å². The number of benzene rings is 2. The number of rotatable bonds is 8. The van der Waals surface area contributed by atoms with Crippen molar-refractivity contribution in [3.63, 3.8) is 0 Å². The van der Waals surface area contributed by atoms with Crippen molar-refractivity contribution in [1.82, 2.24) is 25.2 Å². The van der Waals surface area contributed by atoms with Gasteiger partial charge in [-0.05, 0) is 85.5 Å². The third-order valence-corrected chi connectivity index (χ3v) is 7.50. The summed E-state index contributed by atoms with van der Waals surface area (Å²) in [6, 6.07) is 15.4. The number of fused-ring (bicyclic) bond motifs is 2. The minimum Gasteiger partial charge on any atom is -0.380 e. The molecule has 1 atom stereocenters. The average molecular weight is 478 g/mol. The molecule has 2 N–H and O–H groups in total. The molecule has 0 fully saturated rings. The van der Waals surface area contributed by atoms with E-state index in [1.807, 2.05) is 10.6 Å². The Labute approximate surface area is 214 Å². The van der Waals surface area contributed by atoms with Gasteiger partial charge in [-0.25, -0.2) is 9.50 Å². The van der Waals surface area contributed by atoms with Crippen LogP contribution in [0.25, 0.3) is 16.9 Å². The molecule has 5 heteroatoms. The first kappa shape index (κ1) is 24.0. The Morgan fingerprint density at radius 3 is 2.64 bits per heavy atom. The maximum atomic E-state index is 4.80. The van der Waals surface area contributed by atoms with E-state index in [1.165, 1.54) is 38.9 Å². The van der Waals surface area contributed by atoms with Gasteiger partial charge in [0, 0.05) is 25.2 Å². The lowest BCUT2D eigenvalue weighted by Gasteiger charge is -2.17. The summed E-state index contributed by atoms with van der Waals surface area (Å²) in [7, 11) is 0. The Kier molecular flexibility index (Phi) is 6.50. The van der Waals surface area contributed by atoms with Gasteiger partial charge in [0.25, 0.3) is 0 Å². The summed E-state index contributed by atoms with van der Waals surface area (Å²) in [6.45, 7) is 18.4. The molecule has 0 saturated heterocycles. The standard InChI is InChI=1S/C31H35N5/c1-19(2)26-9-10-28-27(22(26)5)11-12-29(28)33-18-25-16-30(35-31-13-14-34-36(25)31)23(6)32-17-24-8-7-20(3)21(4)15-24/h7-10,13-16,29,32-33H,1,6,11-12,17-18H2,2-5H3. The summed E-state index contributed by atoms with van der Waals surface area (Å²) in [5.74, 6) is 0. The van der Waals surface area contributed by atoms with Crippen molar-refractivity contribution in [2.24, 2.45) is 0 Å². The molecule has 0 spiro atoms. The highest BCUT2D eigenvalue weighted by molar-refractivity contribution is 5.67. The van der Waals surface area contributed by atoms with E-state index < -0.39 is 0 Å². The summed E-state index contributed by atoms with van der Waals surface area (Å²) in [5, 5.41) is 11.8. The molecule has 2 aromatic heterocycles. The molecule has 36 heavy (non-hydrogen) atoms. The average Bonchev–Trinajstić information content (AvgIpc) is 3.50. The molecule has 5 nitrogen and oxygen atoms in total. The van der Waals surface area contributed by atoms with E-state index in [0.717, 1.165) is 41.1 Å². The molecule has 1 aliphatic rings. The van der Waals surface area contributed by atoms with Gasteiger partial charge in [-0.1, -0.05) is 49.1 Å². The topological polar surface area (TPSA) is 54.2 Å². The van der Waals surface area contributed by atoms with Crippen molar-refractivity contribution in [2.45, 2.75) is 59.7 Å². The van der Waals surface area contributed by atoms with Crippen LogP contribution in [0.1, 0.15) is 69.7 Å². The maximum Gasteiger partial charge on any atom is 0.156 e. The first-order chi connectivity index (χ1) is 17.3. The van der Waals surface area contributed by atoms with E-state index in [-0.39, 0.29) is 0 Å². The van der Waals surface area contributed by atoms with Gasteiger partial charge >= 0.3 is 0 Å². The van der Waals surface area contributed by atoms with E-state index in [4.69, 9.17) is 4.98 Å². The number of aryl methyl sites for hydroxylation is 2. The molecule has 184 valence electrons. The first-order valence-corrected chi connectivity index (χ1v) is 12.7. The van der Waals surface area contributed by atoms with Gasteiger partial charge in [-0.15, -0.1) is 0 Å². The molecule has 0 bridgehead atoms. The number of allylic oxidation sites excluding steroid dienone is 1. The Bertz CT molecular complexity index is 1480. The quantitative estimate of drug-likeness (QED) is 0.316. The third-order valence-electron chi connectivity index (χ3n) is 7.50. The minimum atomic E-state index is 0.325. The molecular formula is C31H35N5. The van der Waals surface area contributed by atoms with E-state index >= 15 is 0 Å². The van der Waals surface area contributed by atoms with Crippen molar-refractivity contribution in [3.8, 4) is 0 Å². The Hall–Kier alpha value is -3.70. The first-order valence-electron chi connectivity index (χ1n) is 12.7. The molecule has 2 aromatic carbocycles. The van der Waals surface area contributed by atoms with Crippen LogP contribution in [0.15, 0.2) is 61.8 Å². The Morgan fingerprint density at radius 1 is 1.03 bits per heavy atom. The molecule has 1 aliphatic carbocycles. The monoisotopic (exact) mass is 477 g/mol. The number of nitrogens with zero attached hydrogens (tertiary/aromatic N) is 3. The second-order valence-corrected chi connectivity index (χ2v) is 10.0. The lowest BCUT2D eigenvalue weighted by molar-refractivity contribution is 0.519. The fraction of sp³-hybridized carbons (Fsp3) is 0.290. The van der Waals surface area contributed by atoms with Crippen LogP contribution in [0.2, 0.25) is 0 Å². The van der Waals surface area contributed by atoms with Gasteiger partial charge in [0.2, 0.25) is 0 Å². The third kappa shape index (κ3) is 4.59. The van der Waals surface area contributed by atoms with Gasteiger partial charge in [-0.2, -0.15) is 5.10 Å². The molecule has 1 unspecified atom stereocenters. The van der Waals surface area contributed by atoms with Crippen LogP contribution >= 0.6 is 0 Å².